The highest BCUT2D eigenvalue weighted by Crippen LogP contribution is 2.11. The first kappa shape index (κ1) is 18.6. The summed E-state index contributed by atoms with van der Waals surface area (Å²) in [6.45, 7) is 6.10. The average Bonchev–Trinajstić information content (AvgIpc) is 2.55. The summed E-state index contributed by atoms with van der Waals surface area (Å²) in [7, 11) is -3.29. The van der Waals surface area contributed by atoms with Crippen molar-refractivity contribution in [3.05, 3.63) is 0 Å². The lowest BCUT2D eigenvalue weighted by Crippen LogP contribution is -2.44. The van der Waals surface area contributed by atoms with E-state index in [1.54, 1.807) is 0 Å². The lowest BCUT2D eigenvalue weighted by molar-refractivity contribution is -0.132. The number of carbonyl (C=O) groups is 1. The van der Waals surface area contributed by atoms with Gasteiger partial charge in [-0.15, -0.1) is 0 Å². The number of likely N-dealkylation sites (tertiary alicyclic amines) is 1. The summed E-state index contributed by atoms with van der Waals surface area (Å²) in [5.74, 6) is 0.0738. The monoisotopic (exact) mass is 347 g/mol. The van der Waals surface area contributed by atoms with E-state index in [0.29, 0.717) is 26.3 Å². The van der Waals surface area contributed by atoms with Crippen LogP contribution in [0.5, 0.6) is 0 Å². The van der Waals surface area contributed by atoms with E-state index in [1.165, 1.54) is 17.0 Å². The predicted molar refractivity (Wildman–Crippen MR) is 88.7 cm³/mol. The molecule has 0 unspecified atom stereocenters. The molecule has 0 saturated carbocycles. The topological polar surface area (TPSA) is 70.2 Å². The van der Waals surface area contributed by atoms with Crippen LogP contribution in [-0.4, -0.2) is 93.7 Å². The van der Waals surface area contributed by atoms with Crippen LogP contribution < -0.4 is 0 Å². The first-order chi connectivity index (χ1) is 11.0. The van der Waals surface area contributed by atoms with Crippen molar-refractivity contribution in [2.75, 3.05) is 65.3 Å². The normalized spacial score (nSPS) is 20.9. The highest BCUT2D eigenvalue weighted by Gasteiger charge is 2.22. The van der Waals surface area contributed by atoms with Gasteiger partial charge in [-0.05, 0) is 19.3 Å². The molecule has 7 nitrogen and oxygen atoms in total. The zero-order valence-corrected chi connectivity index (χ0v) is 14.9. The Bertz CT molecular complexity index is 471. The summed E-state index contributed by atoms with van der Waals surface area (Å²) >= 11 is 0. The molecule has 0 aromatic rings. The van der Waals surface area contributed by atoms with E-state index in [4.69, 9.17) is 4.74 Å². The Kier molecular flexibility index (Phi) is 7.26. The number of rotatable bonds is 7. The highest BCUT2D eigenvalue weighted by molar-refractivity contribution is 7.88. The minimum atomic E-state index is -3.29. The highest BCUT2D eigenvalue weighted by atomic mass is 32.2. The molecular weight excluding hydrogens is 318 g/mol. The molecule has 1 amide bonds. The van der Waals surface area contributed by atoms with Crippen LogP contribution in [0.1, 0.15) is 25.7 Å². The van der Waals surface area contributed by atoms with Gasteiger partial charge in [-0.1, -0.05) is 0 Å². The van der Waals surface area contributed by atoms with Gasteiger partial charge in [0.25, 0.3) is 0 Å². The second-order valence-electron chi connectivity index (χ2n) is 6.31. The average molecular weight is 347 g/mol. The minimum absolute atomic E-state index is 0.0738. The van der Waals surface area contributed by atoms with Gasteiger partial charge < -0.3 is 9.64 Å². The van der Waals surface area contributed by atoms with Gasteiger partial charge in [-0.2, -0.15) is 0 Å². The van der Waals surface area contributed by atoms with Gasteiger partial charge in [0.2, 0.25) is 15.9 Å². The van der Waals surface area contributed by atoms with Gasteiger partial charge in [0.15, 0.2) is 0 Å². The fourth-order valence-electron chi connectivity index (χ4n) is 3.04. The third-order valence-electron chi connectivity index (χ3n) is 4.52. The predicted octanol–water partition coefficient (Wildman–Crippen LogP) is -0.0172. The maximum atomic E-state index is 12.2. The zero-order valence-electron chi connectivity index (χ0n) is 14.1. The molecule has 2 rings (SSSR count). The number of piperidine rings is 1. The Labute approximate surface area is 139 Å². The van der Waals surface area contributed by atoms with Crippen LogP contribution >= 0.6 is 0 Å². The molecule has 0 radical (unpaired) electrons. The molecule has 0 bridgehead atoms. The Morgan fingerprint density at radius 2 is 1.70 bits per heavy atom. The van der Waals surface area contributed by atoms with Crippen LogP contribution in [0.3, 0.4) is 0 Å². The molecule has 0 atom stereocenters. The molecule has 8 heteroatoms. The van der Waals surface area contributed by atoms with Crippen molar-refractivity contribution in [2.24, 2.45) is 0 Å². The summed E-state index contributed by atoms with van der Waals surface area (Å²) in [5.41, 5.74) is 0. The van der Waals surface area contributed by atoms with Crippen molar-refractivity contribution < 1.29 is 17.9 Å². The molecule has 2 aliphatic rings. The van der Waals surface area contributed by atoms with Crippen molar-refractivity contribution in [1.82, 2.24) is 14.1 Å². The zero-order chi connectivity index (χ0) is 16.7. The van der Waals surface area contributed by atoms with E-state index < -0.39 is 10.0 Å². The molecule has 134 valence electrons. The maximum Gasteiger partial charge on any atom is 0.223 e. The van der Waals surface area contributed by atoms with E-state index in [9.17, 15) is 13.2 Å². The fraction of sp³-hybridized carbons (Fsp3) is 0.933. The molecule has 0 aromatic carbocycles. The summed E-state index contributed by atoms with van der Waals surface area (Å²) in [6, 6.07) is 0. The SMILES string of the molecule is CS(=O)(=O)N(CCC(=O)N1CCCCC1)CCN1CCOCC1. The van der Waals surface area contributed by atoms with Crippen molar-refractivity contribution >= 4 is 15.9 Å². The first-order valence-corrected chi connectivity index (χ1v) is 10.3. The molecule has 0 spiro atoms. The molecule has 2 saturated heterocycles. The summed E-state index contributed by atoms with van der Waals surface area (Å²) < 4.78 is 30.6. The lowest BCUT2D eigenvalue weighted by Gasteiger charge is -2.30. The van der Waals surface area contributed by atoms with Crippen LogP contribution in [0.4, 0.5) is 0 Å². The molecule has 2 aliphatic heterocycles. The largest absolute Gasteiger partial charge is 0.379 e. The van der Waals surface area contributed by atoms with Gasteiger partial charge >= 0.3 is 0 Å². The molecule has 23 heavy (non-hydrogen) atoms. The van der Waals surface area contributed by atoms with Crippen LogP contribution in [-0.2, 0) is 19.6 Å². The number of amides is 1. The van der Waals surface area contributed by atoms with Crippen molar-refractivity contribution in [1.29, 1.82) is 0 Å². The summed E-state index contributed by atoms with van der Waals surface area (Å²) in [6.07, 6.45) is 4.78. The Morgan fingerprint density at radius 3 is 2.30 bits per heavy atom. The molecule has 0 aromatic heterocycles. The van der Waals surface area contributed by atoms with E-state index >= 15 is 0 Å². The molecule has 2 heterocycles. The van der Waals surface area contributed by atoms with Gasteiger partial charge in [0.05, 0.1) is 19.5 Å². The molecule has 2 fully saturated rings. The van der Waals surface area contributed by atoms with Crippen molar-refractivity contribution in [3.63, 3.8) is 0 Å². The van der Waals surface area contributed by atoms with Crippen LogP contribution in [0.15, 0.2) is 0 Å². The number of morpholine rings is 1. The smallest absolute Gasteiger partial charge is 0.223 e. The third kappa shape index (κ3) is 6.37. The first-order valence-electron chi connectivity index (χ1n) is 8.50. The van der Waals surface area contributed by atoms with E-state index in [0.717, 1.165) is 39.0 Å². The number of sulfonamides is 1. The van der Waals surface area contributed by atoms with Gasteiger partial charge in [0, 0.05) is 52.2 Å². The van der Waals surface area contributed by atoms with Gasteiger partial charge in [-0.25, -0.2) is 12.7 Å². The second-order valence-corrected chi connectivity index (χ2v) is 8.29. The van der Waals surface area contributed by atoms with Crippen LogP contribution in [0.2, 0.25) is 0 Å². The number of nitrogens with zero attached hydrogens (tertiary/aromatic N) is 3. The standard InChI is InChI=1S/C15H29N3O4S/c1-23(20,21)18(10-9-16-11-13-22-14-12-16)8-5-15(19)17-6-3-2-4-7-17/h2-14H2,1H3. The Balaban J connectivity index is 1.79. The van der Waals surface area contributed by atoms with Crippen molar-refractivity contribution in [2.45, 2.75) is 25.7 Å². The maximum absolute atomic E-state index is 12.2. The van der Waals surface area contributed by atoms with E-state index in [-0.39, 0.29) is 18.9 Å². The van der Waals surface area contributed by atoms with Gasteiger partial charge in [0.1, 0.15) is 0 Å². The van der Waals surface area contributed by atoms with E-state index in [2.05, 4.69) is 4.90 Å². The van der Waals surface area contributed by atoms with E-state index in [1.807, 2.05) is 4.90 Å². The van der Waals surface area contributed by atoms with Gasteiger partial charge in [-0.3, -0.25) is 9.69 Å². The Morgan fingerprint density at radius 1 is 1.04 bits per heavy atom. The summed E-state index contributed by atoms with van der Waals surface area (Å²) in [5, 5.41) is 0. The summed E-state index contributed by atoms with van der Waals surface area (Å²) in [4.78, 5) is 16.3. The third-order valence-corrected chi connectivity index (χ3v) is 5.83. The molecule has 0 aliphatic carbocycles. The van der Waals surface area contributed by atoms with Crippen LogP contribution in [0.25, 0.3) is 0 Å². The molecular formula is C15H29N3O4S. The van der Waals surface area contributed by atoms with Crippen LogP contribution in [0, 0.1) is 0 Å². The minimum Gasteiger partial charge on any atom is -0.379 e. The Hall–Kier alpha value is -0.700. The quantitative estimate of drug-likeness (QED) is 0.647. The number of hydrogen-bond donors (Lipinski definition) is 0. The van der Waals surface area contributed by atoms with Crippen molar-refractivity contribution in [3.8, 4) is 0 Å². The molecule has 0 N–H and O–H groups in total. The number of hydrogen-bond acceptors (Lipinski definition) is 5. The number of carbonyl (C=O) groups excluding carboxylic acids is 1. The second kappa shape index (κ2) is 8.96. The lowest BCUT2D eigenvalue weighted by atomic mass is 10.1. The number of ether oxygens (including phenoxy) is 1. The fourth-order valence-corrected chi connectivity index (χ4v) is 3.88.